The van der Waals surface area contributed by atoms with E-state index in [0.717, 1.165) is 12.0 Å². The third kappa shape index (κ3) is 3.74. The Hall–Kier alpha value is -2.51. The highest BCUT2D eigenvalue weighted by Crippen LogP contribution is 2.29. The fourth-order valence-electron chi connectivity index (χ4n) is 2.42. The van der Waals surface area contributed by atoms with Crippen molar-refractivity contribution in [2.45, 2.75) is 32.1 Å². The molecule has 2 unspecified atom stereocenters. The number of aromatic amines is 1. The van der Waals surface area contributed by atoms with Gasteiger partial charge in [0.2, 0.25) is 0 Å². The molecule has 0 fully saturated rings. The van der Waals surface area contributed by atoms with Crippen molar-refractivity contribution in [3.8, 4) is 0 Å². The van der Waals surface area contributed by atoms with Crippen LogP contribution in [0, 0.1) is 5.92 Å². The molecule has 8 nitrogen and oxygen atoms in total. The number of anilines is 1. The van der Waals surface area contributed by atoms with Crippen LogP contribution in [0.2, 0.25) is 0 Å². The number of carbonyl (C=O) groups is 1. The number of pyridine rings is 1. The molecular formula is C13H18N6O2. The molecule has 2 aromatic heterocycles. The van der Waals surface area contributed by atoms with Gasteiger partial charge in [-0.15, -0.1) is 10.2 Å². The van der Waals surface area contributed by atoms with Gasteiger partial charge >= 0.3 is 5.97 Å². The van der Waals surface area contributed by atoms with Crippen LogP contribution < -0.4 is 5.73 Å². The van der Waals surface area contributed by atoms with Crippen LogP contribution in [-0.2, 0) is 11.2 Å². The van der Waals surface area contributed by atoms with Crippen LogP contribution >= 0.6 is 0 Å². The van der Waals surface area contributed by atoms with E-state index in [1.165, 1.54) is 0 Å². The third-order valence-electron chi connectivity index (χ3n) is 3.40. The second kappa shape index (κ2) is 6.78. The maximum Gasteiger partial charge on any atom is 0.307 e. The smallest absolute Gasteiger partial charge is 0.307 e. The molecule has 2 rings (SSSR count). The molecular weight excluding hydrogens is 272 g/mol. The van der Waals surface area contributed by atoms with Gasteiger partial charge in [0.1, 0.15) is 5.82 Å². The van der Waals surface area contributed by atoms with Gasteiger partial charge in [-0.2, -0.15) is 5.21 Å². The van der Waals surface area contributed by atoms with E-state index in [4.69, 9.17) is 5.73 Å². The molecule has 2 atom stereocenters. The van der Waals surface area contributed by atoms with Crippen molar-refractivity contribution in [1.82, 2.24) is 25.6 Å². The molecule has 8 heteroatoms. The van der Waals surface area contributed by atoms with Gasteiger partial charge in [0, 0.05) is 12.1 Å². The SMILES string of the molecule is CCCC(C(=O)O)C(Cc1ccnc(N)c1)c1nn[nH]n1. The molecule has 2 aromatic rings. The van der Waals surface area contributed by atoms with Crippen molar-refractivity contribution in [1.29, 1.82) is 0 Å². The number of aromatic nitrogens is 5. The van der Waals surface area contributed by atoms with E-state index in [0.29, 0.717) is 24.5 Å². The molecule has 0 aliphatic heterocycles. The molecule has 0 aliphatic rings. The maximum atomic E-state index is 11.6. The molecule has 21 heavy (non-hydrogen) atoms. The molecule has 0 saturated heterocycles. The average Bonchev–Trinajstić information content (AvgIpc) is 2.96. The first kappa shape index (κ1) is 14.9. The summed E-state index contributed by atoms with van der Waals surface area (Å²) in [5.41, 5.74) is 6.57. The highest BCUT2D eigenvalue weighted by atomic mass is 16.4. The molecule has 2 heterocycles. The normalized spacial score (nSPS) is 13.8. The molecule has 4 N–H and O–H groups in total. The van der Waals surface area contributed by atoms with Gasteiger partial charge in [0.15, 0.2) is 5.82 Å². The lowest BCUT2D eigenvalue weighted by atomic mass is 9.83. The number of nitrogen functional groups attached to an aromatic ring is 1. The Bertz CT molecular complexity index is 586. The molecule has 112 valence electrons. The van der Waals surface area contributed by atoms with E-state index in [1.54, 1.807) is 12.3 Å². The van der Waals surface area contributed by atoms with Crippen molar-refractivity contribution >= 4 is 11.8 Å². The maximum absolute atomic E-state index is 11.6. The van der Waals surface area contributed by atoms with Gasteiger partial charge in [0.05, 0.1) is 5.92 Å². The summed E-state index contributed by atoms with van der Waals surface area (Å²) in [6.45, 7) is 1.95. The number of hydrogen-bond acceptors (Lipinski definition) is 6. The fourth-order valence-corrected chi connectivity index (χ4v) is 2.42. The van der Waals surface area contributed by atoms with E-state index in [9.17, 15) is 9.90 Å². The zero-order valence-corrected chi connectivity index (χ0v) is 11.7. The number of carboxylic acids is 1. The predicted molar refractivity (Wildman–Crippen MR) is 75.3 cm³/mol. The molecule has 0 aromatic carbocycles. The molecule has 0 aliphatic carbocycles. The summed E-state index contributed by atoms with van der Waals surface area (Å²) in [6, 6.07) is 3.55. The lowest BCUT2D eigenvalue weighted by molar-refractivity contribution is -0.142. The van der Waals surface area contributed by atoms with Crippen LogP contribution in [0.5, 0.6) is 0 Å². The molecule has 0 amide bonds. The Labute approximate surface area is 121 Å². The number of hydrogen-bond donors (Lipinski definition) is 3. The Kier molecular flexibility index (Phi) is 4.81. The number of nitrogens with one attached hydrogen (secondary N) is 1. The van der Waals surface area contributed by atoms with Crippen LogP contribution in [0.1, 0.15) is 37.1 Å². The first-order valence-corrected chi connectivity index (χ1v) is 6.78. The number of rotatable bonds is 7. The van der Waals surface area contributed by atoms with Gasteiger partial charge in [-0.05, 0) is 30.5 Å². The van der Waals surface area contributed by atoms with Crippen LogP contribution in [0.25, 0.3) is 0 Å². The second-order valence-electron chi connectivity index (χ2n) is 4.90. The van der Waals surface area contributed by atoms with Gasteiger partial charge in [0.25, 0.3) is 0 Å². The lowest BCUT2D eigenvalue weighted by Crippen LogP contribution is -2.25. The highest BCUT2D eigenvalue weighted by molar-refractivity contribution is 5.71. The summed E-state index contributed by atoms with van der Waals surface area (Å²) in [4.78, 5) is 15.5. The first-order valence-electron chi connectivity index (χ1n) is 6.78. The number of H-pyrrole nitrogens is 1. The minimum Gasteiger partial charge on any atom is -0.481 e. The lowest BCUT2D eigenvalue weighted by Gasteiger charge is -2.21. The van der Waals surface area contributed by atoms with E-state index in [-0.39, 0.29) is 5.92 Å². The molecule has 0 spiro atoms. The van der Waals surface area contributed by atoms with Crippen LogP contribution in [-0.4, -0.2) is 36.7 Å². The van der Waals surface area contributed by atoms with E-state index < -0.39 is 11.9 Å². The van der Waals surface area contributed by atoms with E-state index in [1.807, 2.05) is 13.0 Å². The van der Waals surface area contributed by atoms with Crippen LogP contribution in [0.4, 0.5) is 5.82 Å². The second-order valence-corrected chi connectivity index (χ2v) is 4.90. The number of nitrogens with zero attached hydrogens (tertiary/aromatic N) is 4. The van der Waals surface area contributed by atoms with Crippen molar-refractivity contribution in [2.24, 2.45) is 5.92 Å². The van der Waals surface area contributed by atoms with Crippen LogP contribution in [0.3, 0.4) is 0 Å². The zero-order valence-electron chi connectivity index (χ0n) is 11.7. The quantitative estimate of drug-likeness (QED) is 0.693. The summed E-state index contributed by atoms with van der Waals surface area (Å²) in [6.07, 6.45) is 3.40. The highest BCUT2D eigenvalue weighted by Gasteiger charge is 2.31. The van der Waals surface area contributed by atoms with E-state index >= 15 is 0 Å². The topological polar surface area (TPSA) is 131 Å². The molecule has 0 radical (unpaired) electrons. The Morgan fingerprint density at radius 1 is 1.52 bits per heavy atom. The predicted octanol–water partition coefficient (Wildman–Crippen LogP) is 1.00. The summed E-state index contributed by atoms with van der Waals surface area (Å²) < 4.78 is 0. The minimum absolute atomic E-state index is 0.358. The Balaban J connectivity index is 2.30. The van der Waals surface area contributed by atoms with Gasteiger partial charge in [-0.25, -0.2) is 4.98 Å². The van der Waals surface area contributed by atoms with Gasteiger partial charge < -0.3 is 10.8 Å². The molecule has 0 saturated carbocycles. The van der Waals surface area contributed by atoms with E-state index in [2.05, 4.69) is 25.6 Å². The Morgan fingerprint density at radius 2 is 2.33 bits per heavy atom. The summed E-state index contributed by atoms with van der Waals surface area (Å²) >= 11 is 0. The van der Waals surface area contributed by atoms with Crippen molar-refractivity contribution < 1.29 is 9.90 Å². The summed E-state index contributed by atoms with van der Waals surface area (Å²) in [5.74, 6) is -0.966. The van der Waals surface area contributed by atoms with Gasteiger partial charge in [-0.3, -0.25) is 4.79 Å². The van der Waals surface area contributed by atoms with Crippen molar-refractivity contribution in [3.63, 3.8) is 0 Å². The molecule has 0 bridgehead atoms. The first-order chi connectivity index (χ1) is 10.1. The Morgan fingerprint density at radius 3 is 2.90 bits per heavy atom. The van der Waals surface area contributed by atoms with Crippen LogP contribution in [0.15, 0.2) is 18.3 Å². The fraction of sp³-hybridized carbons (Fsp3) is 0.462. The van der Waals surface area contributed by atoms with Gasteiger partial charge in [-0.1, -0.05) is 18.6 Å². The zero-order chi connectivity index (χ0) is 15.2. The summed E-state index contributed by atoms with van der Waals surface area (Å²) in [7, 11) is 0. The summed E-state index contributed by atoms with van der Waals surface area (Å²) in [5, 5.41) is 23.3. The number of carboxylic acid groups (broad SMARTS) is 1. The minimum atomic E-state index is -0.853. The number of aliphatic carboxylic acids is 1. The number of nitrogens with two attached hydrogens (primary N) is 1. The average molecular weight is 290 g/mol. The number of tetrazole rings is 1. The standard InChI is InChI=1S/C13H18N6O2/c1-2-3-9(13(20)21)10(12-16-18-19-17-12)6-8-4-5-15-11(14)7-8/h4-5,7,9-10H,2-3,6H2,1H3,(H2,14,15)(H,20,21)(H,16,17,18,19). The largest absolute Gasteiger partial charge is 0.481 e. The van der Waals surface area contributed by atoms with Crippen molar-refractivity contribution in [3.05, 3.63) is 29.7 Å². The third-order valence-corrected chi connectivity index (χ3v) is 3.40. The van der Waals surface area contributed by atoms with Crippen molar-refractivity contribution in [2.75, 3.05) is 5.73 Å². The monoisotopic (exact) mass is 290 g/mol.